The second-order valence-corrected chi connectivity index (χ2v) is 7.95. The average Bonchev–Trinajstić information content (AvgIpc) is 3.08. The molecule has 1 aromatic heterocycles. The summed E-state index contributed by atoms with van der Waals surface area (Å²) in [5.74, 6) is 0.384. The Morgan fingerprint density at radius 1 is 1.11 bits per heavy atom. The van der Waals surface area contributed by atoms with Crippen molar-refractivity contribution in [2.45, 2.75) is 17.9 Å². The van der Waals surface area contributed by atoms with Gasteiger partial charge < -0.3 is 14.8 Å². The highest BCUT2D eigenvalue weighted by atomic mass is 32.2. The highest BCUT2D eigenvalue weighted by Crippen LogP contribution is 2.35. The Bertz CT molecular complexity index is 1060. The van der Waals surface area contributed by atoms with Gasteiger partial charge in [0.25, 0.3) is 0 Å². The van der Waals surface area contributed by atoms with Crippen molar-refractivity contribution in [3.63, 3.8) is 0 Å². The fourth-order valence-electron chi connectivity index (χ4n) is 3.94. The maximum Gasteiger partial charge on any atom is 0.242 e. The fraction of sp³-hybridized carbons (Fsp3) is 0.238. The van der Waals surface area contributed by atoms with Crippen LogP contribution in [0.3, 0.4) is 0 Å². The first-order chi connectivity index (χ1) is 13.2. The number of aromatic nitrogens is 1. The fourth-order valence-corrected chi connectivity index (χ4v) is 4.88. The van der Waals surface area contributed by atoms with Gasteiger partial charge in [-0.3, -0.25) is 9.59 Å². The number of thioether (sulfide) groups is 1. The van der Waals surface area contributed by atoms with Crippen LogP contribution in [0.15, 0.2) is 53.4 Å². The number of fused-ring (bicyclic) bond motifs is 4. The molecule has 3 aromatic rings. The molecule has 27 heavy (non-hydrogen) atoms. The van der Waals surface area contributed by atoms with Crippen LogP contribution in [0, 0.1) is 0 Å². The maximum absolute atomic E-state index is 13.0. The molecule has 0 bridgehead atoms. The molecular weight excluding hydrogens is 358 g/mol. The number of nitrogens with one attached hydrogen (secondary N) is 1. The molecule has 0 spiro atoms. The molecule has 1 N–H and O–H groups in total. The molecule has 0 atom stereocenters. The molecule has 2 aliphatic rings. The SMILES string of the molecule is O=C(CN1C(=O)CSc2ccccc21)N1CCc2[nH]c3ccccc3c2C1. The van der Waals surface area contributed by atoms with E-state index in [9.17, 15) is 9.59 Å². The van der Waals surface area contributed by atoms with Crippen LogP contribution in [0.4, 0.5) is 5.69 Å². The summed E-state index contributed by atoms with van der Waals surface area (Å²) in [4.78, 5) is 33.5. The lowest BCUT2D eigenvalue weighted by Crippen LogP contribution is -2.46. The third kappa shape index (κ3) is 2.80. The van der Waals surface area contributed by atoms with Crippen molar-refractivity contribution in [2.75, 3.05) is 23.7 Å². The molecular formula is C21H19N3O2S. The Morgan fingerprint density at radius 2 is 1.93 bits per heavy atom. The van der Waals surface area contributed by atoms with Gasteiger partial charge in [0.05, 0.1) is 11.4 Å². The molecule has 0 saturated carbocycles. The number of nitrogens with zero attached hydrogens (tertiary/aromatic N) is 2. The van der Waals surface area contributed by atoms with Gasteiger partial charge in [-0.25, -0.2) is 0 Å². The van der Waals surface area contributed by atoms with Gasteiger partial charge in [0.1, 0.15) is 6.54 Å². The number of amides is 2. The molecule has 0 unspecified atom stereocenters. The van der Waals surface area contributed by atoms with E-state index in [2.05, 4.69) is 17.1 Å². The number of carbonyl (C=O) groups excluding carboxylic acids is 2. The lowest BCUT2D eigenvalue weighted by atomic mass is 10.0. The average molecular weight is 377 g/mol. The van der Waals surface area contributed by atoms with E-state index in [0.717, 1.165) is 22.5 Å². The van der Waals surface area contributed by atoms with Gasteiger partial charge in [-0.1, -0.05) is 30.3 Å². The minimum atomic E-state index is -0.00292. The molecule has 2 amide bonds. The van der Waals surface area contributed by atoms with Crippen molar-refractivity contribution >= 4 is 40.2 Å². The molecule has 5 nitrogen and oxygen atoms in total. The first kappa shape index (κ1) is 16.4. The lowest BCUT2D eigenvalue weighted by Gasteiger charge is -2.32. The molecule has 0 radical (unpaired) electrons. The molecule has 2 aromatic carbocycles. The molecule has 6 heteroatoms. The summed E-state index contributed by atoms with van der Waals surface area (Å²) < 4.78 is 0. The number of carbonyl (C=O) groups is 2. The van der Waals surface area contributed by atoms with Crippen LogP contribution in [-0.2, 0) is 22.6 Å². The monoisotopic (exact) mass is 377 g/mol. The van der Waals surface area contributed by atoms with E-state index >= 15 is 0 Å². The predicted octanol–water partition coefficient (Wildman–Crippen LogP) is 3.19. The lowest BCUT2D eigenvalue weighted by molar-refractivity contribution is -0.132. The van der Waals surface area contributed by atoms with E-state index in [-0.39, 0.29) is 18.4 Å². The number of para-hydroxylation sites is 2. The number of benzene rings is 2. The molecule has 0 aliphatic carbocycles. The Morgan fingerprint density at radius 3 is 2.85 bits per heavy atom. The van der Waals surface area contributed by atoms with Crippen LogP contribution in [0.25, 0.3) is 10.9 Å². The molecule has 2 aliphatic heterocycles. The molecule has 5 rings (SSSR count). The van der Waals surface area contributed by atoms with Crippen LogP contribution in [0.1, 0.15) is 11.3 Å². The third-order valence-corrected chi connectivity index (χ3v) is 6.38. The molecule has 0 saturated heterocycles. The molecule has 136 valence electrons. The number of rotatable bonds is 2. The van der Waals surface area contributed by atoms with E-state index in [0.29, 0.717) is 18.8 Å². The van der Waals surface area contributed by atoms with Crippen molar-refractivity contribution in [1.82, 2.24) is 9.88 Å². The van der Waals surface area contributed by atoms with Crippen LogP contribution in [0.5, 0.6) is 0 Å². The number of anilines is 1. The third-order valence-electron chi connectivity index (χ3n) is 5.34. The van der Waals surface area contributed by atoms with Gasteiger partial charge >= 0.3 is 0 Å². The Hall–Kier alpha value is -2.73. The Balaban J connectivity index is 1.39. The standard InChI is InChI=1S/C21H19N3O2S/c25-20(12-24-18-7-3-4-8-19(18)27-13-21(24)26)23-10-9-17-15(11-23)14-5-1-2-6-16(14)22-17/h1-8,22H,9-13H2. The van der Waals surface area contributed by atoms with E-state index in [1.165, 1.54) is 28.4 Å². The topological polar surface area (TPSA) is 56.4 Å². The van der Waals surface area contributed by atoms with E-state index in [1.807, 2.05) is 41.3 Å². The van der Waals surface area contributed by atoms with E-state index in [4.69, 9.17) is 0 Å². The highest BCUT2D eigenvalue weighted by Gasteiger charge is 2.30. The summed E-state index contributed by atoms with van der Waals surface area (Å²) >= 11 is 1.54. The summed E-state index contributed by atoms with van der Waals surface area (Å²) in [7, 11) is 0. The van der Waals surface area contributed by atoms with Gasteiger partial charge in [-0.05, 0) is 18.2 Å². The zero-order chi connectivity index (χ0) is 18.4. The van der Waals surface area contributed by atoms with Crippen molar-refractivity contribution in [3.05, 3.63) is 59.8 Å². The zero-order valence-corrected chi connectivity index (χ0v) is 15.6. The first-order valence-electron chi connectivity index (χ1n) is 9.09. The number of H-pyrrole nitrogens is 1. The van der Waals surface area contributed by atoms with Crippen molar-refractivity contribution in [1.29, 1.82) is 0 Å². The molecule has 3 heterocycles. The minimum Gasteiger partial charge on any atom is -0.358 e. The normalized spacial score (nSPS) is 16.4. The Labute approximate surface area is 161 Å². The predicted molar refractivity (Wildman–Crippen MR) is 107 cm³/mol. The van der Waals surface area contributed by atoms with Crippen LogP contribution in [-0.4, -0.2) is 40.5 Å². The van der Waals surface area contributed by atoms with Gasteiger partial charge in [-0.15, -0.1) is 11.8 Å². The minimum absolute atomic E-state index is 0.000911. The van der Waals surface area contributed by atoms with Crippen molar-refractivity contribution in [2.24, 2.45) is 0 Å². The van der Waals surface area contributed by atoms with Crippen molar-refractivity contribution < 1.29 is 9.59 Å². The van der Waals surface area contributed by atoms with Gasteiger partial charge in [0, 0.05) is 46.6 Å². The number of hydrogen-bond acceptors (Lipinski definition) is 3. The first-order valence-corrected chi connectivity index (χ1v) is 10.1. The summed E-state index contributed by atoms with van der Waals surface area (Å²) in [6.45, 7) is 1.38. The highest BCUT2D eigenvalue weighted by molar-refractivity contribution is 8.00. The zero-order valence-electron chi connectivity index (χ0n) is 14.8. The summed E-state index contributed by atoms with van der Waals surface area (Å²) in [6, 6.07) is 16.0. The smallest absolute Gasteiger partial charge is 0.242 e. The van der Waals surface area contributed by atoms with Gasteiger partial charge in [0.2, 0.25) is 11.8 Å². The maximum atomic E-state index is 13.0. The Kier molecular flexibility index (Phi) is 3.93. The van der Waals surface area contributed by atoms with Gasteiger partial charge in [-0.2, -0.15) is 0 Å². The van der Waals surface area contributed by atoms with E-state index < -0.39 is 0 Å². The van der Waals surface area contributed by atoms with Crippen LogP contribution in [0.2, 0.25) is 0 Å². The summed E-state index contributed by atoms with van der Waals surface area (Å²) in [6.07, 6.45) is 0.816. The van der Waals surface area contributed by atoms with Gasteiger partial charge in [0.15, 0.2) is 0 Å². The number of aromatic amines is 1. The summed E-state index contributed by atoms with van der Waals surface area (Å²) in [5, 5.41) is 1.18. The van der Waals surface area contributed by atoms with Crippen LogP contribution >= 0.6 is 11.8 Å². The number of hydrogen-bond donors (Lipinski definition) is 1. The van der Waals surface area contributed by atoms with Crippen molar-refractivity contribution in [3.8, 4) is 0 Å². The second kappa shape index (κ2) is 6.46. The second-order valence-electron chi connectivity index (χ2n) is 6.93. The van der Waals surface area contributed by atoms with Crippen LogP contribution < -0.4 is 4.90 Å². The molecule has 0 fully saturated rings. The summed E-state index contributed by atoms with van der Waals surface area (Å²) in [5.41, 5.74) is 4.38. The van der Waals surface area contributed by atoms with E-state index in [1.54, 1.807) is 4.90 Å². The largest absolute Gasteiger partial charge is 0.358 e. The quantitative estimate of drug-likeness (QED) is 0.746.